The number of esters is 3. The summed E-state index contributed by atoms with van der Waals surface area (Å²) in [6, 6.07) is 0. The van der Waals surface area contributed by atoms with E-state index in [-0.39, 0.29) is 37.5 Å². The van der Waals surface area contributed by atoms with Crippen molar-refractivity contribution >= 4 is 17.9 Å². The molecule has 0 bridgehead atoms. The Bertz CT molecular complexity index is 444. The lowest BCUT2D eigenvalue weighted by atomic mass is 10.3. The van der Waals surface area contributed by atoms with E-state index in [9.17, 15) is 14.4 Å². The molecule has 0 spiro atoms. The van der Waals surface area contributed by atoms with Crippen LogP contribution < -0.4 is 5.32 Å². The van der Waals surface area contributed by atoms with Crippen molar-refractivity contribution in [1.82, 2.24) is 20.0 Å². The van der Waals surface area contributed by atoms with Gasteiger partial charge in [-0.3, -0.25) is 29.1 Å². The maximum Gasteiger partial charge on any atom is 0.319 e. The van der Waals surface area contributed by atoms with Gasteiger partial charge in [-0.1, -0.05) is 0 Å². The highest BCUT2D eigenvalue weighted by Crippen LogP contribution is 1.99. The van der Waals surface area contributed by atoms with Crippen molar-refractivity contribution in [3.05, 3.63) is 0 Å². The maximum absolute atomic E-state index is 11.7. The summed E-state index contributed by atoms with van der Waals surface area (Å²) in [6.45, 7) is 5.77. The second-order valence-electron chi connectivity index (χ2n) is 6.31. The molecule has 1 aliphatic rings. The van der Waals surface area contributed by atoms with Gasteiger partial charge in [-0.15, -0.1) is 0 Å². The Kier molecular flexibility index (Phi) is 11.6. The van der Waals surface area contributed by atoms with Gasteiger partial charge >= 0.3 is 17.9 Å². The summed E-state index contributed by atoms with van der Waals surface area (Å²) in [6.07, 6.45) is 0. The monoisotopic (exact) mass is 388 g/mol. The first-order chi connectivity index (χ1) is 13.0. The minimum absolute atomic E-state index is 0.160. The molecular weight excluding hydrogens is 356 g/mol. The van der Waals surface area contributed by atoms with Gasteiger partial charge in [0, 0.05) is 52.4 Å². The molecule has 0 unspecified atom stereocenters. The molecule has 0 saturated carbocycles. The molecule has 0 aliphatic carbocycles. The first kappa shape index (κ1) is 23.3. The van der Waals surface area contributed by atoms with Crippen LogP contribution in [0.2, 0.25) is 0 Å². The summed E-state index contributed by atoms with van der Waals surface area (Å²) < 4.78 is 14.3. The molecule has 1 N–H and O–H groups in total. The van der Waals surface area contributed by atoms with Crippen LogP contribution in [0, 0.1) is 0 Å². The second-order valence-corrected chi connectivity index (χ2v) is 6.31. The van der Waals surface area contributed by atoms with Gasteiger partial charge in [0.1, 0.15) is 0 Å². The Labute approximate surface area is 160 Å². The van der Waals surface area contributed by atoms with Crippen LogP contribution in [-0.4, -0.2) is 126 Å². The number of carbonyl (C=O) groups is 3. The van der Waals surface area contributed by atoms with Crippen LogP contribution in [0.1, 0.15) is 0 Å². The molecule has 0 aromatic carbocycles. The van der Waals surface area contributed by atoms with Crippen LogP contribution in [-0.2, 0) is 28.6 Å². The molecule has 10 nitrogen and oxygen atoms in total. The molecule has 156 valence electrons. The Morgan fingerprint density at radius 1 is 0.630 bits per heavy atom. The third-order valence-electron chi connectivity index (χ3n) is 4.42. The van der Waals surface area contributed by atoms with Gasteiger partial charge in [-0.05, 0) is 0 Å². The van der Waals surface area contributed by atoms with Gasteiger partial charge in [0.15, 0.2) is 0 Å². The zero-order valence-corrected chi connectivity index (χ0v) is 16.6. The van der Waals surface area contributed by atoms with E-state index in [2.05, 4.69) is 5.32 Å². The Hall–Kier alpha value is -1.75. The highest BCUT2D eigenvalue weighted by atomic mass is 16.5. The molecule has 1 saturated heterocycles. The minimum atomic E-state index is -0.317. The molecule has 1 heterocycles. The highest BCUT2D eigenvalue weighted by Gasteiger charge is 2.18. The van der Waals surface area contributed by atoms with Crippen molar-refractivity contribution in [2.24, 2.45) is 0 Å². The molecule has 0 radical (unpaired) electrons. The van der Waals surface area contributed by atoms with Crippen LogP contribution in [0.3, 0.4) is 0 Å². The number of nitrogens with zero attached hydrogens (tertiary/aromatic N) is 3. The lowest BCUT2D eigenvalue weighted by Crippen LogP contribution is -2.47. The fourth-order valence-electron chi connectivity index (χ4n) is 2.72. The Morgan fingerprint density at radius 2 is 0.926 bits per heavy atom. The van der Waals surface area contributed by atoms with Gasteiger partial charge in [0.05, 0.1) is 41.0 Å². The summed E-state index contributed by atoms with van der Waals surface area (Å²) >= 11 is 0. The van der Waals surface area contributed by atoms with Gasteiger partial charge in [0.2, 0.25) is 0 Å². The normalized spacial score (nSPS) is 18.8. The van der Waals surface area contributed by atoms with Crippen LogP contribution >= 0.6 is 0 Å². The van der Waals surface area contributed by atoms with Crippen molar-refractivity contribution in [3.63, 3.8) is 0 Å². The van der Waals surface area contributed by atoms with Gasteiger partial charge in [0.25, 0.3) is 0 Å². The lowest BCUT2D eigenvalue weighted by Gasteiger charge is -2.30. The third kappa shape index (κ3) is 10.2. The van der Waals surface area contributed by atoms with E-state index < -0.39 is 0 Å². The molecule has 10 heteroatoms. The van der Waals surface area contributed by atoms with Crippen LogP contribution in [0.15, 0.2) is 0 Å². The predicted octanol–water partition coefficient (Wildman–Crippen LogP) is -1.99. The molecule has 0 aromatic rings. The first-order valence-corrected chi connectivity index (χ1v) is 9.06. The fraction of sp³-hybridized carbons (Fsp3) is 0.824. The molecule has 27 heavy (non-hydrogen) atoms. The average Bonchev–Trinajstić information content (AvgIpc) is 2.66. The van der Waals surface area contributed by atoms with Crippen LogP contribution in [0.5, 0.6) is 0 Å². The summed E-state index contributed by atoms with van der Waals surface area (Å²) in [5, 5.41) is 3.32. The van der Waals surface area contributed by atoms with Crippen molar-refractivity contribution in [1.29, 1.82) is 0 Å². The molecule has 1 fully saturated rings. The topological polar surface area (TPSA) is 101 Å². The van der Waals surface area contributed by atoms with E-state index in [1.165, 1.54) is 21.3 Å². The van der Waals surface area contributed by atoms with Gasteiger partial charge in [-0.2, -0.15) is 0 Å². The quantitative estimate of drug-likeness (QED) is 0.407. The SMILES string of the molecule is COC(=O)CN1CCNCCN(CC(=O)OC)CCN(CC(=O)OC)CC1. The molecule has 0 amide bonds. The zero-order valence-electron chi connectivity index (χ0n) is 16.6. The molecule has 0 aromatic heterocycles. The smallest absolute Gasteiger partial charge is 0.319 e. The van der Waals surface area contributed by atoms with E-state index in [4.69, 9.17) is 14.2 Å². The minimum Gasteiger partial charge on any atom is -0.468 e. The summed E-state index contributed by atoms with van der Waals surface area (Å²) in [5.74, 6) is -0.889. The van der Waals surface area contributed by atoms with Crippen molar-refractivity contribution in [3.8, 4) is 0 Å². The number of methoxy groups -OCH3 is 3. The van der Waals surface area contributed by atoms with E-state index in [0.29, 0.717) is 52.4 Å². The molecular formula is C17H32N4O6. The molecule has 1 aliphatic heterocycles. The van der Waals surface area contributed by atoms with Gasteiger partial charge in [-0.25, -0.2) is 0 Å². The average molecular weight is 388 g/mol. The number of hydrogen-bond donors (Lipinski definition) is 1. The van der Waals surface area contributed by atoms with E-state index in [1.807, 2.05) is 14.7 Å². The predicted molar refractivity (Wildman–Crippen MR) is 98.2 cm³/mol. The Morgan fingerprint density at radius 3 is 1.22 bits per heavy atom. The number of carbonyl (C=O) groups excluding carboxylic acids is 3. The highest BCUT2D eigenvalue weighted by molar-refractivity contribution is 5.72. The van der Waals surface area contributed by atoms with E-state index in [1.54, 1.807) is 0 Å². The summed E-state index contributed by atoms with van der Waals surface area (Å²) in [5.41, 5.74) is 0. The van der Waals surface area contributed by atoms with Crippen molar-refractivity contribution in [2.75, 3.05) is 93.3 Å². The fourth-order valence-corrected chi connectivity index (χ4v) is 2.72. The number of hydrogen-bond acceptors (Lipinski definition) is 10. The lowest BCUT2D eigenvalue weighted by molar-refractivity contribution is -0.144. The third-order valence-corrected chi connectivity index (χ3v) is 4.42. The zero-order chi connectivity index (χ0) is 20.1. The second kappa shape index (κ2) is 13.4. The number of nitrogens with one attached hydrogen (secondary N) is 1. The largest absolute Gasteiger partial charge is 0.468 e. The van der Waals surface area contributed by atoms with E-state index >= 15 is 0 Å². The summed E-state index contributed by atoms with van der Waals surface area (Å²) in [7, 11) is 4.10. The van der Waals surface area contributed by atoms with Crippen LogP contribution in [0.4, 0.5) is 0 Å². The van der Waals surface area contributed by atoms with Crippen LogP contribution in [0.25, 0.3) is 0 Å². The number of ether oxygens (including phenoxy) is 3. The standard InChI is InChI=1S/C17H32N4O6/c1-25-15(22)12-19-6-4-18-5-7-20(13-16(23)26-2)9-11-21(10-8-19)14-17(24)27-3/h18H,4-14H2,1-3H3. The molecule has 0 atom stereocenters. The summed E-state index contributed by atoms with van der Waals surface area (Å²) in [4.78, 5) is 40.9. The van der Waals surface area contributed by atoms with E-state index in [0.717, 1.165) is 0 Å². The number of rotatable bonds is 6. The first-order valence-electron chi connectivity index (χ1n) is 9.06. The molecule has 1 rings (SSSR count). The van der Waals surface area contributed by atoms with Gasteiger partial charge < -0.3 is 19.5 Å². The Balaban J connectivity index is 2.73. The van der Waals surface area contributed by atoms with Crippen molar-refractivity contribution in [2.45, 2.75) is 0 Å². The van der Waals surface area contributed by atoms with Crippen molar-refractivity contribution < 1.29 is 28.6 Å². The maximum atomic E-state index is 11.7.